The fourth-order valence-electron chi connectivity index (χ4n) is 5.85. The van der Waals surface area contributed by atoms with Gasteiger partial charge in [0, 0.05) is 16.0 Å². The fourth-order valence-corrected chi connectivity index (χ4v) is 9.18. The fraction of sp³-hybridized carbons (Fsp3) is 0.421. The Morgan fingerprint density at radius 1 is 1.08 bits per heavy atom. The smallest absolute Gasteiger partial charge is 0.317 e. The average molecular weight is 402 g/mol. The molecule has 2 bridgehead atoms. The molecule has 7 atom stereocenters. The summed E-state index contributed by atoms with van der Waals surface area (Å²) in [4.78, 5) is 29.3. The predicted octanol–water partition coefficient (Wildman–Crippen LogP) is 3.99. The third-order valence-corrected chi connectivity index (χ3v) is 9.56. The molecule has 0 spiro atoms. The van der Waals surface area contributed by atoms with Gasteiger partial charge in [-0.1, -0.05) is 30.3 Å². The number of benzene rings is 1. The zero-order valence-electron chi connectivity index (χ0n) is 13.6. The highest BCUT2D eigenvalue weighted by Gasteiger charge is 2.69. The quantitative estimate of drug-likeness (QED) is 0.445. The average Bonchev–Trinajstić information content (AvgIpc) is 3.35. The molecule has 132 valence electrons. The van der Waals surface area contributed by atoms with Crippen LogP contribution in [-0.2, 0) is 14.3 Å². The summed E-state index contributed by atoms with van der Waals surface area (Å²) >= 11 is 8.91. The van der Waals surface area contributed by atoms with Crippen LogP contribution in [0, 0.1) is 33.5 Å². The topological polar surface area (TPSA) is 59.2 Å². The number of ether oxygens (including phenoxy) is 1. The highest BCUT2D eigenvalue weighted by Crippen LogP contribution is 2.68. The SMILES string of the molecule is O=C1OC(=O)C2C3CC(C4Sc5[nH]c(=S)sc5C(c5ccccc5)C34)C12. The van der Waals surface area contributed by atoms with Crippen molar-refractivity contribution in [3.8, 4) is 0 Å². The normalized spacial score (nSPS) is 39.5. The van der Waals surface area contributed by atoms with Crippen LogP contribution in [0.4, 0.5) is 0 Å². The second-order valence-corrected chi connectivity index (χ2v) is 10.5. The minimum absolute atomic E-state index is 0.218. The highest BCUT2D eigenvalue weighted by molar-refractivity contribution is 8.00. The van der Waals surface area contributed by atoms with Crippen LogP contribution in [0.25, 0.3) is 0 Å². The summed E-state index contributed by atoms with van der Waals surface area (Å²) in [6.45, 7) is 0. The van der Waals surface area contributed by atoms with Crippen molar-refractivity contribution in [2.45, 2.75) is 22.6 Å². The Bertz CT molecular complexity index is 997. The number of esters is 2. The molecule has 2 aliphatic heterocycles. The minimum atomic E-state index is -0.299. The van der Waals surface area contributed by atoms with E-state index in [1.54, 1.807) is 11.3 Å². The first-order valence-electron chi connectivity index (χ1n) is 8.83. The van der Waals surface area contributed by atoms with Gasteiger partial charge in [0.05, 0.1) is 16.9 Å². The van der Waals surface area contributed by atoms with Crippen LogP contribution in [0.15, 0.2) is 35.4 Å². The molecule has 1 aromatic carbocycles. The summed E-state index contributed by atoms with van der Waals surface area (Å²) in [5.74, 6) is -0.0523. The number of cyclic esters (lactones) is 2. The third kappa shape index (κ3) is 1.89. The maximum absolute atomic E-state index is 12.4. The lowest BCUT2D eigenvalue weighted by molar-refractivity contribution is -0.154. The first kappa shape index (κ1) is 15.6. The van der Waals surface area contributed by atoms with E-state index in [4.69, 9.17) is 17.0 Å². The van der Waals surface area contributed by atoms with Crippen LogP contribution in [0.3, 0.4) is 0 Å². The van der Waals surface area contributed by atoms with E-state index in [1.807, 2.05) is 17.8 Å². The monoisotopic (exact) mass is 401 g/mol. The van der Waals surface area contributed by atoms with Gasteiger partial charge in [0.2, 0.25) is 0 Å². The van der Waals surface area contributed by atoms with Crippen LogP contribution in [0.5, 0.6) is 0 Å². The molecule has 6 rings (SSSR count). The van der Waals surface area contributed by atoms with E-state index >= 15 is 0 Å². The Labute approximate surface area is 163 Å². The third-order valence-electron chi connectivity index (χ3n) is 6.62. The number of hydrogen-bond acceptors (Lipinski definition) is 6. The van der Waals surface area contributed by atoms with E-state index in [-0.39, 0.29) is 41.5 Å². The number of thiazole rings is 1. The molecule has 26 heavy (non-hydrogen) atoms. The summed E-state index contributed by atoms with van der Waals surface area (Å²) in [6, 6.07) is 10.5. The highest BCUT2D eigenvalue weighted by atomic mass is 32.2. The number of rotatable bonds is 1. The number of carbonyl (C=O) groups excluding carboxylic acids is 2. The Hall–Kier alpha value is -1.44. The van der Waals surface area contributed by atoms with Crippen molar-refractivity contribution >= 4 is 47.3 Å². The van der Waals surface area contributed by atoms with Crippen LogP contribution in [-0.4, -0.2) is 22.2 Å². The van der Waals surface area contributed by atoms with Gasteiger partial charge in [0.25, 0.3) is 0 Å². The van der Waals surface area contributed by atoms with Crippen LogP contribution in [0.2, 0.25) is 0 Å². The molecule has 2 aromatic rings. The molecule has 7 heteroatoms. The largest absolute Gasteiger partial charge is 0.393 e. The summed E-state index contributed by atoms with van der Waals surface area (Å²) in [6.07, 6.45) is 0.956. The van der Waals surface area contributed by atoms with Crippen molar-refractivity contribution in [3.05, 3.63) is 44.7 Å². The van der Waals surface area contributed by atoms with Gasteiger partial charge in [-0.2, -0.15) is 0 Å². The van der Waals surface area contributed by atoms with Crippen LogP contribution in [0.1, 0.15) is 22.8 Å². The molecule has 0 radical (unpaired) electrons. The molecule has 1 N–H and O–H groups in total. The van der Waals surface area contributed by atoms with Crippen molar-refractivity contribution in [3.63, 3.8) is 0 Å². The predicted molar refractivity (Wildman–Crippen MR) is 101 cm³/mol. The molecule has 4 aliphatic rings. The molecule has 0 amide bonds. The number of thioether (sulfide) groups is 1. The van der Waals surface area contributed by atoms with E-state index in [2.05, 4.69) is 29.2 Å². The Morgan fingerprint density at radius 2 is 1.81 bits per heavy atom. The second-order valence-electron chi connectivity index (χ2n) is 7.61. The lowest BCUT2D eigenvalue weighted by atomic mass is 9.68. The second kappa shape index (κ2) is 5.30. The van der Waals surface area contributed by atoms with Crippen molar-refractivity contribution in [2.75, 3.05) is 0 Å². The minimum Gasteiger partial charge on any atom is -0.393 e. The molecule has 2 saturated carbocycles. The van der Waals surface area contributed by atoms with E-state index in [9.17, 15) is 9.59 Å². The lowest BCUT2D eigenvalue weighted by Gasteiger charge is -2.42. The first-order valence-corrected chi connectivity index (χ1v) is 10.9. The summed E-state index contributed by atoms with van der Waals surface area (Å²) in [5.41, 5.74) is 1.27. The molecule has 3 fully saturated rings. The van der Waals surface area contributed by atoms with Gasteiger partial charge in [-0.25, -0.2) is 0 Å². The molecule has 7 unspecified atom stereocenters. The zero-order valence-corrected chi connectivity index (χ0v) is 16.0. The summed E-state index contributed by atoms with van der Waals surface area (Å²) < 4.78 is 5.82. The molecule has 1 saturated heterocycles. The van der Waals surface area contributed by atoms with Crippen molar-refractivity contribution in [1.82, 2.24) is 4.98 Å². The number of nitrogens with one attached hydrogen (secondary N) is 1. The van der Waals surface area contributed by atoms with Crippen LogP contribution >= 0.6 is 35.3 Å². The van der Waals surface area contributed by atoms with E-state index < -0.39 is 0 Å². The van der Waals surface area contributed by atoms with E-state index in [0.29, 0.717) is 11.2 Å². The summed E-state index contributed by atoms with van der Waals surface area (Å²) in [7, 11) is 0. The van der Waals surface area contributed by atoms with E-state index in [0.717, 1.165) is 15.4 Å². The summed E-state index contributed by atoms with van der Waals surface area (Å²) in [5, 5.41) is 1.48. The molecule has 3 heterocycles. The van der Waals surface area contributed by atoms with Gasteiger partial charge in [-0.3, -0.25) is 9.59 Å². The van der Waals surface area contributed by atoms with Gasteiger partial charge >= 0.3 is 11.9 Å². The number of fused-ring (bicyclic) bond motifs is 9. The maximum Gasteiger partial charge on any atom is 0.317 e. The number of aromatic nitrogens is 1. The number of carbonyl (C=O) groups is 2. The molecule has 4 nitrogen and oxygen atoms in total. The Morgan fingerprint density at radius 3 is 2.58 bits per heavy atom. The Kier molecular flexibility index (Phi) is 3.18. The van der Waals surface area contributed by atoms with Crippen molar-refractivity contribution in [2.24, 2.45) is 29.6 Å². The van der Waals surface area contributed by atoms with Crippen LogP contribution < -0.4 is 0 Å². The van der Waals surface area contributed by atoms with Gasteiger partial charge in [-0.15, -0.1) is 23.1 Å². The van der Waals surface area contributed by atoms with Gasteiger partial charge in [-0.05, 0) is 42.0 Å². The van der Waals surface area contributed by atoms with Gasteiger partial charge < -0.3 is 9.72 Å². The standard InChI is InChI=1S/C19H15NO3S3/c21-17-12-8-6-9(13(12)18(22)23-17)14-11(8)10(7-4-2-1-3-5-7)15-16(25-14)20-19(24)26-15/h1-5,8-14H,6H2,(H,20,24). The molecule has 2 aliphatic carbocycles. The van der Waals surface area contributed by atoms with Crippen molar-refractivity contribution < 1.29 is 14.3 Å². The lowest BCUT2D eigenvalue weighted by Crippen LogP contribution is -2.42. The maximum atomic E-state index is 12.4. The molecular weight excluding hydrogens is 386 g/mol. The Balaban J connectivity index is 1.53. The van der Waals surface area contributed by atoms with Crippen molar-refractivity contribution in [1.29, 1.82) is 0 Å². The number of hydrogen-bond donors (Lipinski definition) is 1. The van der Waals surface area contributed by atoms with E-state index in [1.165, 1.54) is 10.4 Å². The zero-order chi connectivity index (χ0) is 17.6. The molecule has 1 aromatic heterocycles. The number of aromatic amines is 1. The molecular formula is C19H15NO3S3. The number of H-pyrrole nitrogens is 1. The van der Waals surface area contributed by atoms with Gasteiger partial charge in [0.1, 0.15) is 0 Å². The first-order chi connectivity index (χ1) is 12.6. The van der Waals surface area contributed by atoms with Gasteiger partial charge in [0.15, 0.2) is 3.95 Å².